The molecule has 0 aliphatic carbocycles. The van der Waals surface area contributed by atoms with Gasteiger partial charge in [-0.3, -0.25) is 0 Å². The molecule has 0 radical (unpaired) electrons. The van der Waals surface area contributed by atoms with Crippen LogP contribution in [-0.2, 0) is 4.52 Å². The molecule has 1 saturated heterocycles. The topological polar surface area (TPSA) is 9.23 Å². The molecule has 182 valence electrons. The van der Waals surface area contributed by atoms with Gasteiger partial charge in [-0.25, -0.2) is 0 Å². The predicted octanol–water partition coefficient (Wildman–Crippen LogP) is 4.58. The van der Waals surface area contributed by atoms with Crippen molar-refractivity contribution in [2.24, 2.45) is 0 Å². The molecule has 1 spiro atoms. The standard InChI is InChI=1S/C33H34OP.Bi/c1-22-13-16-30(19-25(22)4)35(31-17-14-23(2)26(5)20-31,32-18-15-24(3)27(6)21-32)28(7)33(34-35)29-11-9-8-10-12-29;/h8-15,19-21,28,33H,1-7H3;/t28-,33+;/m1./s1. The third kappa shape index (κ3) is 2.48. The van der Waals surface area contributed by atoms with Gasteiger partial charge >= 0.3 is 225 Å². The predicted molar refractivity (Wildman–Crippen MR) is 158 cm³/mol. The molecule has 0 N–H and O–H groups in total. The van der Waals surface area contributed by atoms with E-state index in [1.54, 1.807) is 25.7 Å². The van der Waals surface area contributed by atoms with Gasteiger partial charge in [-0.15, -0.1) is 0 Å². The maximum atomic E-state index is 7.77. The van der Waals surface area contributed by atoms with Crippen molar-refractivity contribution in [2.45, 2.75) is 60.2 Å². The van der Waals surface area contributed by atoms with Crippen molar-refractivity contribution in [3.05, 3.63) is 106 Å². The zero-order valence-corrected chi connectivity index (χ0v) is 26.7. The Hall–Kier alpha value is -1.85. The van der Waals surface area contributed by atoms with Gasteiger partial charge in [-0.05, 0) is 0 Å². The summed E-state index contributed by atoms with van der Waals surface area (Å²) in [5.41, 5.74) is 10.2. The molecule has 4 aromatic carbocycles. The summed E-state index contributed by atoms with van der Waals surface area (Å²) in [6.07, 6.45) is 0.117. The van der Waals surface area contributed by atoms with Crippen molar-refractivity contribution in [2.75, 3.05) is 0 Å². The van der Waals surface area contributed by atoms with Gasteiger partial charge in [0.1, 0.15) is 0 Å². The molecule has 4 heterocycles. The normalized spacial score (nSPS) is 23.2. The molecule has 0 unspecified atom stereocenters. The molecule has 4 aliphatic heterocycles. The van der Waals surface area contributed by atoms with Crippen LogP contribution in [0.25, 0.3) is 0 Å². The van der Waals surface area contributed by atoms with Crippen molar-refractivity contribution in [1.82, 2.24) is 0 Å². The fourth-order valence-corrected chi connectivity index (χ4v) is 33.8. The summed E-state index contributed by atoms with van der Waals surface area (Å²) in [4.78, 5) is 0. The molecular formula is C33H34BiOP. The summed E-state index contributed by atoms with van der Waals surface area (Å²) in [6.45, 7) is 13.2. The Bertz CT molecular complexity index is 1470. The van der Waals surface area contributed by atoms with Gasteiger partial charge in [-0.1, -0.05) is 0 Å². The number of benzene rings is 4. The second-order valence-electron chi connectivity index (χ2n) is 11.4. The third-order valence-electron chi connectivity index (χ3n) is 9.61. The van der Waals surface area contributed by atoms with Gasteiger partial charge in [0, 0.05) is 0 Å². The molecule has 36 heavy (non-hydrogen) atoms. The molecule has 4 aliphatic rings. The Morgan fingerprint density at radius 3 is 1.36 bits per heavy atom. The second-order valence-corrected chi connectivity index (χ2v) is 24.3. The quantitative estimate of drug-likeness (QED) is 0.211. The summed E-state index contributed by atoms with van der Waals surface area (Å²) in [7, 11) is 0. The average molecular weight is 687 g/mol. The van der Waals surface area contributed by atoms with Crippen molar-refractivity contribution < 1.29 is 4.52 Å². The van der Waals surface area contributed by atoms with Crippen molar-refractivity contribution in [3.8, 4) is 0 Å². The van der Waals surface area contributed by atoms with Crippen LogP contribution in [0.3, 0.4) is 0 Å². The van der Waals surface area contributed by atoms with Gasteiger partial charge in [0.25, 0.3) is 0 Å². The summed E-state index contributed by atoms with van der Waals surface area (Å²) in [5.74, 6) is 0. The zero-order valence-electron chi connectivity index (χ0n) is 22.3. The average Bonchev–Trinajstić information content (AvgIpc) is 2.86. The van der Waals surface area contributed by atoms with Crippen LogP contribution in [-0.4, -0.2) is 27.4 Å². The number of hydrogen-bond donors (Lipinski definition) is 0. The first-order valence-corrected chi connectivity index (χ1v) is 20.5. The SMILES string of the molecule is Cc1c[c]2c(cc1C)P13(O[C@H](c4ccccc4)[C@H]1C)c1cc(C)c(C)c[c]1[Bi]2[c]1cc(C)c(C)cc13. The molecule has 0 amide bonds. The van der Waals surface area contributed by atoms with Crippen LogP contribution in [0.2, 0.25) is 0 Å². The molecule has 1 fully saturated rings. The summed E-state index contributed by atoms with van der Waals surface area (Å²) >= 11 is -2.50. The van der Waals surface area contributed by atoms with E-state index in [4.69, 9.17) is 4.52 Å². The van der Waals surface area contributed by atoms with E-state index in [-0.39, 0.29) is 6.10 Å². The van der Waals surface area contributed by atoms with Crippen LogP contribution < -0.4 is 25.7 Å². The summed E-state index contributed by atoms with van der Waals surface area (Å²) in [6, 6.07) is 26.4. The third-order valence-corrected chi connectivity index (χ3v) is 28.2. The molecule has 8 rings (SSSR count). The van der Waals surface area contributed by atoms with Crippen LogP contribution in [0, 0.1) is 41.5 Å². The molecule has 4 aromatic rings. The van der Waals surface area contributed by atoms with Gasteiger partial charge < -0.3 is 0 Å². The molecule has 2 bridgehead atoms. The van der Waals surface area contributed by atoms with Crippen molar-refractivity contribution in [1.29, 1.82) is 0 Å². The van der Waals surface area contributed by atoms with Crippen LogP contribution >= 0.6 is 6.83 Å². The first kappa shape index (κ1) is 23.3. The number of aryl methyl sites for hydroxylation is 6. The van der Waals surface area contributed by atoms with Crippen LogP contribution in [0.1, 0.15) is 52.0 Å². The Balaban J connectivity index is 1.67. The monoisotopic (exact) mass is 686 g/mol. The Kier molecular flexibility index (Phi) is 4.77. The van der Waals surface area contributed by atoms with Crippen LogP contribution in [0.15, 0.2) is 66.7 Å². The number of rotatable bonds is 1. The fraction of sp³-hybridized carbons (Fsp3) is 0.273. The molecule has 3 heteroatoms. The Morgan fingerprint density at radius 2 is 0.972 bits per heavy atom. The minimum absolute atomic E-state index is 0.117. The molecule has 2 atom stereocenters. The molecule has 1 nitrogen and oxygen atoms in total. The zero-order chi connectivity index (χ0) is 25.2. The number of hydrogen-bond acceptors (Lipinski definition) is 1. The van der Waals surface area contributed by atoms with Crippen LogP contribution in [0.4, 0.5) is 0 Å². The summed E-state index contributed by atoms with van der Waals surface area (Å²) in [5, 5.41) is 4.77. The van der Waals surface area contributed by atoms with Crippen molar-refractivity contribution in [3.63, 3.8) is 0 Å². The van der Waals surface area contributed by atoms with Crippen LogP contribution in [0.5, 0.6) is 0 Å². The van der Waals surface area contributed by atoms with E-state index < -0.39 is 28.6 Å². The van der Waals surface area contributed by atoms with Gasteiger partial charge in [0.05, 0.1) is 0 Å². The van der Waals surface area contributed by atoms with E-state index in [2.05, 4.69) is 115 Å². The van der Waals surface area contributed by atoms with E-state index in [0.717, 1.165) is 0 Å². The van der Waals surface area contributed by atoms with E-state index in [1.807, 2.05) is 0 Å². The van der Waals surface area contributed by atoms with E-state index in [1.165, 1.54) is 38.9 Å². The summed E-state index contributed by atoms with van der Waals surface area (Å²) < 4.78 is 12.8. The molecule has 0 aromatic heterocycles. The Morgan fingerprint density at radius 1 is 0.583 bits per heavy atom. The fourth-order valence-electron chi connectivity index (χ4n) is 7.17. The van der Waals surface area contributed by atoms with Gasteiger partial charge in [0.2, 0.25) is 0 Å². The van der Waals surface area contributed by atoms with Gasteiger partial charge in [0.15, 0.2) is 0 Å². The minimum atomic E-state index is -3.14. The van der Waals surface area contributed by atoms with E-state index >= 15 is 0 Å². The molecule has 0 saturated carbocycles. The second kappa shape index (κ2) is 7.38. The maximum absolute atomic E-state index is 7.77. The van der Waals surface area contributed by atoms with Gasteiger partial charge in [-0.2, -0.15) is 0 Å². The first-order valence-electron chi connectivity index (χ1n) is 13.1. The Labute approximate surface area is 223 Å². The van der Waals surface area contributed by atoms with E-state index in [0.29, 0.717) is 5.66 Å². The van der Waals surface area contributed by atoms with E-state index in [9.17, 15) is 0 Å². The van der Waals surface area contributed by atoms with Crippen molar-refractivity contribution >= 4 is 54.3 Å². The molecular weight excluding hydrogens is 652 g/mol. The first-order chi connectivity index (χ1) is 17.2.